The Bertz CT molecular complexity index is 618. The predicted octanol–water partition coefficient (Wildman–Crippen LogP) is 3.24. The molecule has 0 aromatic heterocycles. The molecule has 1 aliphatic heterocycles. The molecule has 0 spiro atoms. The first-order chi connectivity index (χ1) is 11.0. The number of rotatable bonds is 3. The highest BCUT2D eigenvalue weighted by molar-refractivity contribution is 5.81. The molecule has 124 valence electrons. The van der Waals surface area contributed by atoms with Crippen molar-refractivity contribution < 1.29 is 19.1 Å². The number of halogens is 1. The lowest BCUT2D eigenvalue weighted by molar-refractivity contribution is -0.141. The first kappa shape index (κ1) is 16.0. The Morgan fingerprint density at radius 1 is 1.22 bits per heavy atom. The van der Waals surface area contributed by atoms with E-state index in [4.69, 9.17) is 5.11 Å². The standard InChI is InChI=1S/C18H22FNO3/c1-11-7-16(12-3-2-4-15(19)9-12)20(10-11)17(21)13-5-6-14(8-13)18(22)23/h2-4,9,11,13-14,16H,5-8,10H2,1H3,(H,22,23)/t11?,13-,14+,16?/m1/s1. The number of nitrogens with zero attached hydrogens (tertiary/aromatic N) is 1. The molecule has 2 unspecified atom stereocenters. The third-order valence-corrected chi connectivity index (χ3v) is 5.16. The van der Waals surface area contributed by atoms with Gasteiger partial charge in [-0.15, -0.1) is 0 Å². The summed E-state index contributed by atoms with van der Waals surface area (Å²) in [6, 6.07) is 6.34. The number of carbonyl (C=O) groups is 2. The molecular weight excluding hydrogens is 297 g/mol. The fraction of sp³-hybridized carbons (Fsp3) is 0.556. The number of likely N-dealkylation sites (tertiary alicyclic amines) is 1. The first-order valence-electron chi connectivity index (χ1n) is 8.24. The van der Waals surface area contributed by atoms with Crippen LogP contribution in [0.1, 0.15) is 44.2 Å². The lowest BCUT2D eigenvalue weighted by Crippen LogP contribution is -2.35. The van der Waals surface area contributed by atoms with Crippen LogP contribution in [-0.2, 0) is 9.59 Å². The quantitative estimate of drug-likeness (QED) is 0.930. The minimum Gasteiger partial charge on any atom is -0.481 e. The van der Waals surface area contributed by atoms with Gasteiger partial charge < -0.3 is 10.0 Å². The highest BCUT2D eigenvalue weighted by Gasteiger charge is 2.41. The molecule has 0 radical (unpaired) electrons. The third kappa shape index (κ3) is 3.23. The summed E-state index contributed by atoms with van der Waals surface area (Å²) in [5.41, 5.74) is 0.829. The summed E-state index contributed by atoms with van der Waals surface area (Å²) in [4.78, 5) is 25.8. The van der Waals surface area contributed by atoms with Gasteiger partial charge in [0.05, 0.1) is 12.0 Å². The normalized spacial score (nSPS) is 30.6. The Balaban J connectivity index is 1.77. The summed E-state index contributed by atoms with van der Waals surface area (Å²) in [7, 11) is 0. The van der Waals surface area contributed by atoms with Crippen molar-refractivity contribution in [3.05, 3.63) is 35.6 Å². The van der Waals surface area contributed by atoms with Crippen molar-refractivity contribution in [2.75, 3.05) is 6.54 Å². The van der Waals surface area contributed by atoms with E-state index in [0.29, 0.717) is 31.7 Å². The van der Waals surface area contributed by atoms with Crippen LogP contribution in [0.15, 0.2) is 24.3 Å². The number of benzene rings is 1. The molecule has 4 atom stereocenters. The molecule has 4 nitrogen and oxygen atoms in total. The van der Waals surface area contributed by atoms with Crippen LogP contribution in [0.2, 0.25) is 0 Å². The second kappa shape index (κ2) is 6.30. The fourth-order valence-electron chi connectivity index (χ4n) is 3.98. The lowest BCUT2D eigenvalue weighted by atomic mass is 9.99. The van der Waals surface area contributed by atoms with Gasteiger partial charge >= 0.3 is 5.97 Å². The fourth-order valence-corrected chi connectivity index (χ4v) is 3.98. The van der Waals surface area contributed by atoms with Crippen molar-refractivity contribution in [3.63, 3.8) is 0 Å². The van der Waals surface area contributed by atoms with E-state index in [2.05, 4.69) is 6.92 Å². The van der Waals surface area contributed by atoms with Crippen LogP contribution in [0.5, 0.6) is 0 Å². The summed E-state index contributed by atoms with van der Waals surface area (Å²) in [6.45, 7) is 2.75. The Morgan fingerprint density at radius 2 is 1.96 bits per heavy atom. The van der Waals surface area contributed by atoms with Crippen molar-refractivity contribution in [1.29, 1.82) is 0 Å². The molecule has 1 saturated heterocycles. The molecular formula is C18H22FNO3. The second-order valence-electron chi connectivity index (χ2n) is 6.95. The summed E-state index contributed by atoms with van der Waals surface area (Å²) in [5, 5.41) is 9.11. The minimum absolute atomic E-state index is 0.0346. The van der Waals surface area contributed by atoms with E-state index in [-0.39, 0.29) is 23.7 Å². The average molecular weight is 319 g/mol. The van der Waals surface area contributed by atoms with Crippen LogP contribution in [0.25, 0.3) is 0 Å². The number of aliphatic carboxylic acids is 1. The number of carboxylic acids is 1. The van der Waals surface area contributed by atoms with Gasteiger partial charge in [-0.1, -0.05) is 19.1 Å². The van der Waals surface area contributed by atoms with E-state index >= 15 is 0 Å². The van der Waals surface area contributed by atoms with Gasteiger partial charge in [-0.05, 0) is 49.3 Å². The third-order valence-electron chi connectivity index (χ3n) is 5.16. The van der Waals surface area contributed by atoms with Crippen LogP contribution in [-0.4, -0.2) is 28.4 Å². The summed E-state index contributed by atoms with van der Waals surface area (Å²) < 4.78 is 13.5. The largest absolute Gasteiger partial charge is 0.481 e. The molecule has 1 amide bonds. The number of hydrogen-bond acceptors (Lipinski definition) is 2. The Hall–Kier alpha value is -1.91. The molecule has 2 aliphatic rings. The van der Waals surface area contributed by atoms with Crippen LogP contribution in [0.3, 0.4) is 0 Å². The smallest absolute Gasteiger partial charge is 0.306 e. The maximum Gasteiger partial charge on any atom is 0.306 e. The van der Waals surface area contributed by atoms with E-state index in [1.165, 1.54) is 12.1 Å². The van der Waals surface area contributed by atoms with Gasteiger partial charge in [-0.3, -0.25) is 9.59 Å². The van der Waals surface area contributed by atoms with Crippen molar-refractivity contribution >= 4 is 11.9 Å². The molecule has 2 fully saturated rings. The van der Waals surface area contributed by atoms with Gasteiger partial charge in [0.15, 0.2) is 0 Å². The molecule has 1 N–H and O–H groups in total. The van der Waals surface area contributed by atoms with Crippen molar-refractivity contribution in [2.45, 2.75) is 38.6 Å². The van der Waals surface area contributed by atoms with Crippen molar-refractivity contribution in [1.82, 2.24) is 4.90 Å². The first-order valence-corrected chi connectivity index (χ1v) is 8.24. The van der Waals surface area contributed by atoms with Crippen LogP contribution < -0.4 is 0 Å². The minimum atomic E-state index is -0.809. The van der Waals surface area contributed by atoms with E-state index < -0.39 is 11.9 Å². The molecule has 1 aliphatic carbocycles. The van der Waals surface area contributed by atoms with E-state index in [1.807, 2.05) is 11.0 Å². The topological polar surface area (TPSA) is 57.6 Å². The maximum atomic E-state index is 13.5. The van der Waals surface area contributed by atoms with Gasteiger partial charge in [0, 0.05) is 12.5 Å². The Labute approximate surface area is 135 Å². The number of carbonyl (C=O) groups excluding carboxylic acids is 1. The van der Waals surface area contributed by atoms with Crippen LogP contribution >= 0.6 is 0 Å². The van der Waals surface area contributed by atoms with Gasteiger partial charge in [-0.25, -0.2) is 4.39 Å². The SMILES string of the molecule is CC1CC(c2cccc(F)c2)N(C(=O)[C@@H]2CC[C@H](C(=O)O)C2)C1. The highest BCUT2D eigenvalue weighted by atomic mass is 19.1. The molecule has 0 bridgehead atoms. The van der Waals surface area contributed by atoms with Gasteiger partial charge in [0.2, 0.25) is 5.91 Å². The Kier molecular flexibility index (Phi) is 4.37. The van der Waals surface area contributed by atoms with Gasteiger partial charge in [-0.2, -0.15) is 0 Å². The zero-order valence-electron chi connectivity index (χ0n) is 13.2. The number of hydrogen-bond donors (Lipinski definition) is 1. The lowest BCUT2D eigenvalue weighted by Gasteiger charge is -2.28. The monoisotopic (exact) mass is 319 g/mol. The summed E-state index contributed by atoms with van der Waals surface area (Å²) in [6.07, 6.45) is 2.45. The average Bonchev–Trinajstić information content (AvgIpc) is 3.13. The zero-order chi connectivity index (χ0) is 16.6. The molecule has 1 aromatic carbocycles. The van der Waals surface area contributed by atoms with E-state index in [9.17, 15) is 14.0 Å². The summed E-state index contributed by atoms with van der Waals surface area (Å²) >= 11 is 0. The molecule has 1 heterocycles. The van der Waals surface area contributed by atoms with Gasteiger partial charge in [0.1, 0.15) is 5.82 Å². The van der Waals surface area contributed by atoms with E-state index in [0.717, 1.165) is 12.0 Å². The van der Waals surface area contributed by atoms with E-state index in [1.54, 1.807) is 6.07 Å². The Morgan fingerprint density at radius 3 is 2.61 bits per heavy atom. The number of amides is 1. The summed E-state index contributed by atoms with van der Waals surface area (Å²) in [5.74, 6) is -1.32. The maximum absolute atomic E-state index is 13.5. The zero-order valence-corrected chi connectivity index (χ0v) is 13.2. The molecule has 23 heavy (non-hydrogen) atoms. The number of carboxylic acid groups (broad SMARTS) is 1. The van der Waals surface area contributed by atoms with Crippen molar-refractivity contribution in [3.8, 4) is 0 Å². The van der Waals surface area contributed by atoms with Crippen LogP contribution in [0.4, 0.5) is 4.39 Å². The second-order valence-corrected chi connectivity index (χ2v) is 6.95. The molecule has 1 saturated carbocycles. The highest BCUT2D eigenvalue weighted by Crippen LogP contribution is 2.40. The van der Waals surface area contributed by atoms with Crippen LogP contribution in [0, 0.1) is 23.6 Å². The molecule has 3 rings (SSSR count). The van der Waals surface area contributed by atoms with Gasteiger partial charge in [0.25, 0.3) is 0 Å². The van der Waals surface area contributed by atoms with Crippen molar-refractivity contribution in [2.24, 2.45) is 17.8 Å². The molecule has 5 heteroatoms. The molecule has 1 aromatic rings. The predicted molar refractivity (Wildman–Crippen MR) is 83.1 cm³/mol.